The number of nitrogens with one attached hydrogen (secondary N) is 1. The molecular formula is C13H11N3O4. The van der Waals surface area contributed by atoms with Crippen molar-refractivity contribution in [1.82, 2.24) is 9.97 Å². The van der Waals surface area contributed by atoms with Gasteiger partial charge in [0.25, 0.3) is 5.91 Å². The molecule has 0 fully saturated rings. The Kier molecular flexibility index (Phi) is 3.69. The second-order valence-electron chi connectivity index (χ2n) is 4.02. The van der Waals surface area contributed by atoms with E-state index in [1.807, 2.05) is 0 Å². The molecule has 1 amide bonds. The molecule has 0 bridgehead atoms. The molecule has 102 valence electrons. The molecule has 0 unspecified atom stereocenters. The molecule has 0 radical (unpaired) electrons. The Labute approximate surface area is 113 Å². The summed E-state index contributed by atoms with van der Waals surface area (Å²) in [6.07, 6.45) is 4.04. The number of carbonyl (C=O) groups is 2. The second kappa shape index (κ2) is 5.43. The molecule has 2 heterocycles. The van der Waals surface area contributed by atoms with Gasteiger partial charge in [0.1, 0.15) is 17.1 Å². The van der Waals surface area contributed by atoms with Crippen LogP contribution in [0.3, 0.4) is 0 Å². The molecule has 0 aliphatic rings. The predicted molar refractivity (Wildman–Crippen MR) is 69.7 cm³/mol. The molecule has 2 aromatic heterocycles. The van der Waals surface area contributed by atoms with Crippen LogP contribution < -0.4 is 10.9 Å². The maximum atomic E-state index is 11.9. The lowest BCUT2D eigenvalue weighted by atomic mass is 10.1. The van der Waals surface area contributed by atoms with Gasteiger partial charge in [-0.2, -0.15) is 0 Å². The fourth-order valence-corrected chi connectivity index (χ4v) is 1.59. The van der Waals surface area contributed by atoms with Crippen molar-refractivity contribution in [3.05, 3.63) is 52.1 Å². The SMILES string of the molecule is CC(=O)c1cc(NC(=O)c2cnccn2)c(=O)oc1C. The van der Waals surface area contributed by atoms with E-state index in [-0.39, 0.29) is 28.5 Å². The summed E-state index contributed by atoms with van der Waals surface area (Å²) in [7, 11) is 0. The van der Waals surface area contributed by atoms with Crippen molar-refractivity contribution in [2.24, 2.45) is 0 Å². The maximum absolute atomic E-state index is 11.9. The molecule has 7 nitrogen and oxygen atoms in total. The summed E-state index contributed by atoms with van der Waals surface area (Å²) in [5, 5.41) is 2.35. The quantitative estimate of drug-likeness (QED) is 0.843. The first-order valence-corrected chi connectivity index (χ1v) is 5.72. The Balaban J connectivity index is 2.35. The Morgan fingerprint density at radius 3 is 2.65 bits per heavy atom. The van der Waals surface area contributed by atoms with Gasteiger partial charge in [0.05, 0.1) is 11.8 Å². The van der Waals surface area contributed by atoms with Gasteiger partial charge in [0.15, 0.2) is 5.78 Å². The highest BCUT2D eigenvalue weighted by molar-refractivity contribution is 6.03. The summed E-state index contributed by atoms with van der Waals surface area (Å²) in [6, 6.07) is 1.29. The molecule has 0 spiro atoms. The topological polar surface area (TPSA) is 102 Å². The van der Waals surface area contributed by atoms with Crippen LogP contribution in [0.1, 0.15) is 33.5 Å². The summed E-state index contributed by atoms with van der Waals surface area (Å²) in [6.45, 7) is 2.85. The number of hydrogen-bond acceptors (Lipinski definition) is 6. The monoisotopic (exact) mass is 273 g/mol. The zero-order valence-corrected chi connectivity index (χ0v) is 10.8. The lowest BCUT2D eigenvalue weighted by Gasteiger charge is -2.06. The van der Waals surface area contributed by atoms with E-state index in [0.717, 1.165) is 0 Å². The molecule has 7 heteroatoms. The van der Waals surface area contributed by atoms with Crippen LogP contribution in [0.15, 0.2) is 33.9 Å². The van der Waals surface area contributed by atoms with Gasteiger partial charge >= 0.3 is 5.63 Å². The fraction of sp³-hybridized carbons (Fsp3) is 0.154. The number of carbonyl (C=O) groups excluding carboxylic acids is 2. The van der Waals surface area contributed by atoms with E-state index in [1.165, 1.54) is 38.5 Å². The zero-order valence-electron chi connectivity index (χ0n) is 10.8. The van der Waals surface area contributed by atoms with E-state index in [1.54, 1.807) is 0 Å². The van der Waals surface area contributed by atoms with E-state index in [2.05, 4.69) is 15.3 Å². The Morgan fingerprint density at radius 2 is 2.05 bits per heavy atom. The molecule has 0 aliphatic heterocycles. The normalized spacial score (nSPS) is 10.1. The zero-order chi connectivity index (χ0) is 14.7. The Hall–Kier alpha value is -2.83. The molecule has 0 aromatic carbocycles. The number of aryl methyl sites for hydroxylation is 1. The minimum atomic E-state index is -0.732. The number of hydrogen-bond donors (Lipinski definition) is 1. The number of aromatic nitrogens is 2. The third-order valence-electron chi connectivity index (χ3n) is 2.56. The molecular weight excluding hydrogens is 262 g/mol. The molecule has 20 heavy (non-hydrogen) atoms. The van der Waals surface area contributed by atoms with Crippen LogP contribution in [0.4, 0.5) is 5.69 Å². The van der Waals surface area contributed by atoms with Crippen LogP contribution in [-0.4, -0.2) is 21.7 Å². The summed E-state index contributed by atoms with van der Waals surface area (Å²) >= 11 is 0. The Morgan fingerprint density at radius 1 is 1.30 bits per heavy atom. The second-order valence-corrected chi connectivity index (χ2v) is 4.02. The molecule has 0 saturated heterocycles. The van der Waals surface area contributed by atoms with E-state index in [0.29, 0.717) is 0 Å². The molecule has 0 saturated carbocycles. The van der Waals surface area contributed by atoms with Gasteiger partial charge < -0.3 is 9.73 Å². The summed E-state index contributed by atoms with van der Waals surface area (Å²) in [5.41, 5.74) is -0.558. The van der Waals surface area contributed by atoms with Crippen molar-refractivity contribution in [3.8, 4) is 0 Å². The highest BCUT2D eigenvalue weighted by Gasteiger charge is 2.15. The van der Waals surface area contributed by atoms with Gasteiger partial charge in [-0.25, -0.2) is 9.78 Å². The summed E-state index contributed by atoms with van der Waals surface area (Å²) in [5.74, 6) is -0.662. The van der Waals surface area contributed by atoms with Crippen LogP contribution >= 0.6 is 0 Å². The highest BCUT2D eigenvalue weighted by Crippen LogP contribution is 2.12. The molecule has 2 aromatic rings. The molecule has 2 rings (SSSR count). The highest BCUT2D eigenvalue weighted by atomic mass is 16.4. The summed E-state index contributed by atoms with van der Waals surface area (Å²) in [4.78, 5) is 42.5. The fourth-order valence-electron chi connectivity index (χ4n) is 1.59. The van der Waals surface area contributed by atoms with Gasteiger partial charge in [0, 0.05) is 12.4 Å². The van der Waals surface area contributed by atoms with Crippen LogP contribution in [0, 0.1) is 6.92 Å². The Bertz CT molecular complexity index is 722. The van der Waals surface area contributed by atoms with E-state index in [4.69, 9.17) is 4.42 Å². The van der Waals surface area contributed by atoms with E-state index < -0.39 is 11.5 Å². The largest absolute Gasteiger partial charge is 0.426 e. The van der Waals surface area contributed by atoms with Gasteiger partial charge in [-0.15, -0.1) is 0 Å². The lowest BCUT2D eigenvalue weighted by Crippen LogP contribution is -2.20. The number of rotatable bonds is 3. The maximum Gasteiger partial charge on any atom is 0.359 e. The van der Waals surface area contributed by atoms with E-state index in [9.17, 15) is 14.4 Å². The first kappa shape index (κ1) is 13.6. The smallest absolute Gasteiger partial charge is 0.359 e. The lowest BCUT2D eigenvalue weighted by molar-refractivity contribution is 0.100. The predicted octanol–water partition coefficient (Wildman–Crippen LogP) is 1.19. The summed E-state index contributed by atoms with van der Waals surface area (Å²) < 4.78 is 4.91. The first-order chi connectivity index (χ1) is 9.49. The van der Waals surface area contributed by atoms with Crippen LogP contribution in [0.25, 0.3) is 0 Å². The third-order valence-corrected chi connectivity index (χ3v) is 2.56. The van der Waals surface area contributed by atoms with Crippen molar-refractivity contribution in [1.29, 1.82) is 0 Å². The minimum Gasteiger partial charge on any atom is -0.426 e. The first-order valence-electron chi connectivity index (χ1n) is 5.72. The van der Waals surface area contributed by atoms with Crippen molar-refractivity contribution in [2.45, 2.75) is 13.8 Å². The minimum absolute atomic E-state index is 0.0526. The average Bonchev–Trinajstić information content (AvgIpc) is 2.42. The standard InChI is InChI=1S/C13H11N3O4/c1-7(17)9-5-10(13(19)20-8(9)2)16-12(18)11-6-14-3-4-15-11/h3-6H,1-2H3,(H,16,18). The molecule has 0 aliphatic carbocycles. The average molecular weight is 273 g/mol. The van der Waals surface area contributed by atoms with Gasteiger partial charge in [-0.05, 0) is 19.9 Å². The number of nitrogens with zero attached hydrogens (tertiary/aromatic N) is 2. The van der Waals surface area contributed by atoms with Crippen molar-refractivity contribution < 1.29 is 14.0 Å². The molecule has 0 atom stereocenters. The van der Waals surface area contributed by atoms with Crippen LogP contribution in [-0.2, 0) is 0 Å². The van der Waals surface area contributed by atoms with Gasteiger partial charge in [0.2, 0.25) is 0 Å². The molecule has 1 N–H and O–H groups in total. The third kappa shape index (κ3) is 2.77. The van der Waals surface area contributed by atoms with Crippen molar-refractivity contribution in [2.75, 3.05) is 5.32 Å². The van der Waals surface area contributed by atoms with Crippen LogP contribution in [0.2, 0.25) is 0 Å². The van der Waals surface area contributed by atoms with Gasteiger partial charge in [-0.3, -0.25) is 14.6 Å². The van der Waals surface area contributed by atoms with Crippen LogP contribution in [0.5, 0.6) is 0 Å². The number of anilines is 1. The number of amides is 1. The van der Waals surface area contributed by atoms with E-state index >= 15 is 0 Å². The van der Waals surface area contributed by atoms with Gasteiger partial charge in [-0.1, -0.05) is 0 Å². The van der Waals surface area contributed by atoms with Crippen molar-refractivity contribution in [3.63, 3.8) is 0 Å². The number of ketones is 1. The van der Waals surface area contributed by atoms with Crippen molar-refractivity contribution >= 4 is 17.4 Å². The number of Topliss-reactive ketones (excluding diaryl/α,β-unsaturated/α-hetero) is 1.